The number of furan rings is 1. The molecule has 0 aromatic carbocycles. The third-order valence-electron chi connectivity index (χ3n) is 4.86. The first-order valence-electron chi connectivity index (χ1n) is 7.48. The SMILES string of the molecule is CC(=O)OC[C@@]1(C)CC2=C(C)c3c(coc3C(=O)O)C[C@@H]2C1. The molecule has 2 aliphatic carbocycles. The predicted octanol–water partition coefficient (Wildman–Crippen LogP) is 3.29. The molecule has 0 bridgehead atoms. The lowest BCUT2D eigenvalue weighted by atomic mass is 9.82. The van der Waals surface area contributed by atoms with Gasteiger partial charge in [-0.15, -0.1) is 0 Å². The number of fused-ring (bicyclic) bond motifs is 2. The maximum absolute atomic E-state index is 11.3. The lowest BCUT2D eigenvalue weighted by Crippen LogP contribution is -2.21. The fourth-order valence-corrected chi connectivity index (χ4v) is 3.95. The Morgan fingerprint density at radius 1 is 1.50 bits per heavy atom. The van der Waals surface area contributed by atoms with E-state index in [1.54, 1.807) is 6.26 Å². The molecule has 0 unspecified atom stereocenters. The van der Waals surface area contributed by atoms with E-state index in [-0.39, 0.29) is 17.1 Å². The summed E-state index contributed by atoms with van der Waals surface area (Å²) < 4.78 is 10.5. The van der Waals surface area contributed by atoms with Gasteiger partial charge in [-0.3, -0.25) is 4.79 Å². The van der Waals surface area contributed by atoms with E-state index in [1.165, 1.54) is 12.5 Å². The molecule has 118 valence electrons. The minimum absolute atomic E-state index is 0.0343. The fraction of sp³-hybridized carbons (Fsp3) is 0.529. The van der Waals surface area contributed by atoms with Crippen LogP contribution in [0.4, 0.5) is 0 Å². The van der Waals surface area contributed by atoms with Crippen molar-refractivity contribution in [2.24, 2.45) is 11.3 Å². The highest BCUT2D eigenvalue weighted by molar-refractivity contribution is 5.93. The van der Waals surface area contributed by atoms with Crippen LogP contribution in [-0.4, -0.2) is 23.7 Å². The first kappa shape index (κ1) is 14.9. The lowest BCUT2D eigenvalue weighted by molar-refractivity contribution is -0.144. The Balaban J connectivity index is 1.92. The van der Waals surface area contributed by atoms with E-state index in [1.807, 2.05) is 6.92 Å². The molecule has 1 saturated carbocycles. The second kappa shape index (κ2) is 5.00. The number of carbonyl (C=O) groups excluding carboxylic acids is 1. The van der Waals surface area contributed by atoms with Crippen LogP contribution in [0.15, 0.2) is 16.3 Å². The number of allylic oxidation sites excluding steroid dienone is 2. The van der Waals surface area contributed by atoms with Crippen LogP contribution in [0.1, 0.15) is 55.3 Å². The summed E-state index contributed by atoms with van der Waals surface area (Å²) in [7, 11) is 0. The van der Waals surface area contributed by atoms with Crippen LogP contribution in [0.5, 0.6) is 0 Å². The second-order valence-corrected chi connectivity index (χ2v) is 6.79. The third kappa shape index (κ3) is 2.34. The molecule has 2 aliphatic rings. The van der Waals surface area contributed by atoms with Crippen molar-refractivity contribution >= 4 is 17.5 Å². The molecule has 1 N–H and O–H groups in total. The van der Waals surface area contributed by atoms with Crippen LogP contribution < -0.4 is 0 Å². The van der Waals surface area contributed by atoms with Crippen molar-refractivity contribution in [2.75, 3.05) is 6.61 Å². The van der Waals surface area contributed by atoms with Crippen molar-refractivity contribution in [1.82, 2.24) is 0 Å². The van der Waals surface area contributed by atoms with Gasteiger partial charge in [-0.05, 0) is 43.2 Å². The first-order chi connectivity index (χ1) is 10.3. The van der Waals surface area contributed by atoms with Crippen LogP contribution in [0, 0.1) is 11.3 Å². The van der Waals surface area contributed by atoms with Crippen LogP contribution >= 0.6 is 0 Å². The number of ether oxygens (including phenoxy) is 1. The molecule has 3 rings (SSSR count). The van der Waals surface area contributed by atoms with Crippen molar-refractivity contribution in [2.45, 2.75) is 40.0 Å². The Bertz CT molecular complexity index is 681. The molecule has 0 radical (unpaired) electrons. The molecule has 1 heterocycles. The molecule has 1 fully saturated rings. The quantitative estimate of drug-likeness (QED) is 0.867. The summed E-state index contributed by atoms with van der Waals surface area (Å²) in [6.45, 7) is 5.93. The maximum Gasteiger partial charge on any atom is 0.372 e. The summed E-state index contributed by atoms with van der Waals surface area (Å²) in [5.74, 6) is -0.870. The normalized spacial score (nSPS) is 26.6. The summed E-state index contributed by atoms with van der Waals surface area (Å²) >= 11 is 0. The summed E-state index contributed by atoms with van der Waals surface area (Å²) in [6.07, 6.45) is 4.15. The van der Waals surface area contributed by atoms with E-state index in [0.717, 1.165) is 36.0 Å². The highest BCUT2D eigenvalue weighted by atomic mass is 16.5. The molecule has 0 spiro atoms. The molecule has 0 saturated heterocycles. The van der Waals surface area contributed by atoms with Gasteiger partial charge in [0.2, 0.25) is 5.76 Å². The van der Waals surface area contributed by atoms with Gasteiger partial charge in [0.1, 0.15) is 0 Å². The van der Waals surface area contributed by atoms with E-state index < -0.39 is 5.97 Å². The summed E-state index contributed by atoms with van der Waals surface area (Å²) in [4.78, 5) is 22.4. The first-order valence-corrected chi connectivity index (χ1v) is 7.48. The number of hydrogen-bond acceptors (Lipinski definition) is 4. The largest absolute Gasteiger partial charge is 0.475 e. The average molecular weight is 304 g/mol. The van der Waals surface area contributed by atoms with Crippen LogP contribution in [0.2, 0.25) is 0 Å². The van der Waals surface area contributed by atoms with Crippen molar-refractivity contribution in [1.29, 1.82) is 0 Å². The van der Waals surface area contributed by atoms with Crippen molar-refractivity contribution in [3.63, 3.8) is 0 Å². The van der Waals surface area contributed by atoms with Crippen LogP contribution in [-0.2, 0) is 16.0 Å². The molecular formula is C17H20O5. The topological polar surface area (TPSA) is 76.7 Å². The van der Waals surface area contributed by atoms with Gasteiger partial charge in [0.25, 0.3) is 0 Å². The molecular weight excluding hydrogens is 284 g/mol. The van der Waals surface area contributed by atoms with Gasteiger partial charge in [-0.1, -0.05) is 12.5 Å². The molecule has 0 amide bonds. The van der Waals surface area contributed by atoms with Gasteiger partial charge in [0.15, 0.2) is 0 Å². The van der Waals surface area contributed by atoms with Gasteiger partial charge in [0.05, 0.1) is 12.9 Å². The highest BCUT2D eigenvalue weighted by Gasteiger charge is 2.43. The second-order valence-electron chi connectivity index (χ2n) is 6.79. The fourth-order valence-electron chi connectivity index (χ4n) is 3.95. The van der Waals surface area contributed by atoms with E-state index >= 15 is 0 Å². The maximum atomic E-state index is 11.3. The zero-order valence-electron chi connectivity index (χ0n) is 13.1. The Kier molecular flexibility index (Phi) is 3.38. The minimum atomic E-state index is -1.03. The monoisotopic (exact) mass is 304 g/mol. The molecule has 2 atom stereocenters. The number of rotatable bonds is 3. The van der Waals surface area contributed by atoms with E-state index in [2.05, 4.69) is 6.92 Å². The number of hydrogen-bond donors (Lipinski definition) is 1. The van der Waals surface area contributed by atoms with Crippen molar-refractivity contribution in [3.05, 3.63) is 28.7 Å². The Labute approximate surface area is 128 Å². The highest BCUT2D eigenvalue weighted by Crippen LogP contribution is 2.52. The van der Waals surface area contributed by atoms with Gasteiger partial charge in [-0.25, -0.2) is 4.79 Å². The molecule has 22 heavy (non-hydrogen) atoms. The Morgan fingerprint density at radius 3 is 2.86 bits per heavy atom. The van der Waals surface area contributed by atoms with Crippen molar-refractivity contribution in [3.8, 4) is 0 Å². The molecule has 1 aromatic rings. The van der Waals surface area contributed by atoms with Crippen molar-refractivity contribution < 1.29 is 23.8 Å². The summed E-state index contributed by atoms with van der Waals surface area (Å²) in [6, 6.07) is 0. The molecule has 5 nitrogen and oxygen atoms in total. The minimum Gasteiger partial charge on any atom is -0.475 e. The standard InChI is InChI=1S/C17H20O5/c1-9-13-6-17(3,8-22-10(2)18)5-11(13)4-12-7-21-15(14(9)12)16(19)20/h7,11H,4-6,8H2,1-3H3,(H,19,20)/t11-,17-/m1/s1. The zero-order chi connectivity index (χ0) is 16.1. The molecule has 5 heteroatoms. The number of carboxylic acids is 1. The predicted molar refractivity (Wildman–Crippen MR) is 79.4 cm³/mol. The van der Waals surface area contributed by atoms with Crippen LogP contribution in [0.3, 0.4) is 0 Å². The van der Waals surface area contributed by atoms with E-state index in [0.29, 0.717) is 12.5 Å². The Morgan fingerprint density at radius 2 is 2.23 bits per heavy atom. The average Bonchev–Trinajstić information content (AvgIpc) is 2.99. The van der Waals surface area contributed by atoms with Gasteiger partial charge in [0, 0.05) is 17.9 Å². The summed E-state index contributed by atoms with van der Waals surface area (Å²) in [5, 5.41) is 9.26. The van der Waals surface area contributed by atoms with E-state index in [4.69, 9.17) is 9.15 Å². The Hall–Kier alpha value is -2.04. The van der Waals surface area contributed by atoms with Crippen LogP contribution in [0.25, 0.3) is 5.57 Å². The number of carbonyl (C=O) groups is 2. The van der Waals surface area contributed by atoms with Gasteiger partial charge < -0.3 is 14.3 Å². The molecule has 1 aromatic heterocycles. The van der Waals surface area contributed by atoms with E-state index in [9.17, 15) is 14.7 Å². The number of aromatic carboxylic acids is 1. The zero-order valence-corrected chi connectivity index (χ0v) is 13.1. The summed E-state index contributed by atoms with van der Waals surface area (Å²) in [5.41, 5.74) is 3.95. The smallest absolute Gasteiger partial charge is 0.372 e. The van der Waals surface area contributed by atoms with Gasteiger partial charge in [-0.2, -0.15) is 0 Å². The molecule has 0 aliphatic heterocycles. The lowest BCUT2D eigenvalue weighted by Gasteiger charge is -2.22. The third-order valence-corrected chi connectivity index (χ3v) is 4.86. The number of carboxylic acid groups (broad SMARTS) is 1. The van der Waals surface area contributed by atoms with Gasteiger partial charge >= 0.3 is 11.9 Å². The number of esters is 1.